The average Bonchev–Trinajstić information content (AvgIpc) is 2.15. The molecule has 0 aromatic heterocycles. The standard InChI is InChI=1S/C10H20N2O2/c1-5-6-12(8(2)3)10(13)9(7-11)14-4/h5,8-9H,1,6-7,11H2,2-4H3. The van der Waals surface area contributed by atoms with Gasteiger partial charge in [-0.15, -0.1) is 6.58 Å². The monoisotopic (exact) mass is 200 g/mol. The molecular formula is C10H20N2O2. The van der Waals surface area contributed by atoms with E-state index in [1.807, 2.05) is 13.8 Å². The molecule has 4 nitrogen and oxygen atoms in total. The van der Waals surface area contributed by atoms with E-state index in [9.17, 15) is 4.79 Å². The maximum absolute atomic E-state index is 11.8. The van der Waals surface area contributed by atoms with Crippen LogP contribution < -0.4 is 5.73 Å². The summed E-state index contributed by atoms with van der Waals surface area (Å²) in [7, 11) is 1.49. The number of amides is 1. The molecule has 0 aromatic carbocycles. The van der Waals surface area contributed by atoms with Crippen molar-refractivity contribution in [1.82, 2.24) is 4.90 Å². The van der Waals surface area contributed by atoms with Gasteiger partial charge in [0.25, 0.3) is 5.91 Å². The Morgan fingerprint density at radius 3 is 2.50 bits per heavy atom. The summed E-state index contributed by atoms with van der Waals surface area (Å²) < 4.78 is 4.99. The van der Waals surface area contributed by atoms with Gasteiger partial charge in [-0.1, -0.05) is 6.08 Å². The van der Waals surface area contributed by atoms with Crippen LogP contribution in [0.5, 0.6) is 0 Å². The van der Waals surface area contributed by atoms with E-state index in [0.29, 0.717) is 6.54 Å². The Labute approximate surface area is 85.7 Å². The number of rotatable bonds is 6. The van der Waals surface area contributed by atoms with Gasteiger partial charge in [-0.05, 0) is 13.8 Å². The van der Waals surface area contributed by atoms with Crippen molar-refractivity contribution in [2.24, 2.45) is 5.73 Å². The molecule has 0 aliphatic rings. The van der Waals surface area contributed by atoms with Crippen LogP contribution in [0.2, 0.25) is 0 Å². The second kappa shape index (κ2) is 6.56. The molecule has 0 bridgehead atoms. The summed E-state index contributed by atoms with van der Waals surface area (Å²) in [6.45, 7) is 8.24. The molecule has 1 atom stereocenters. The van der Waals surface area contributed by atoms with Gasteiger partial charge < -0.3 is 15.4 Å². The van der Waals surface area contributed by atoms with Crippen molar-refractivity contribution in [2.75, 3.05) is 20.2 Å². The third-order valence-corrected chi connectivity index (χ3v) is 2.01. The minimum absolute atomic E-state index is 0.0788. The number of hydrogen-bond acceptors (Lipinski definition) is 3. The summed E-state index contributed by atoms with van der Waals surface area (Å²) in [6.07, 6.45) is 1.15. The fourth-order valence-corrected chi connectivity index (χ4v) is 1.18. The van der Waals surface area contributed by atoms with Crippen LogP contribution in [-0.4, -0.2) is 43.2 Å². The Balaban J connectivity index is 4.48. The molecule has 0 aliphatic heterocycles. The third kappa shape index (κ3) is 3.47. The van der Waals surface area contributed by atoms with Gasteiger partial charge in [0.2, 0.25) is 0 Å². The summed E-state index contributed by atoms with van der Waals surface area (Å²) in [5.74, 6) is -0.0788. The maximum atomic E-state index is 11.8. The van der Waals surface area contributed by atoms with Gasteiger partial charge in [-0.2, -0.15) is 0 Å². The van der Waals surface area contributed by atoms with Crippen LogP contribution >= 0.6 is 0 Å². The molecule has 0 heterocycles. The lowest BCUT2D eigenvalue weighted by Gasteiger charge is -2.28. The molecule has 0 radical (unpaired) electrons. The first-order chi connectivity index (χ1) is 6.58. The maximum Gasteiger partial charge on any atom is 0.253 e. The number of carbonyl (C=O) groups excluding carboxylic acids is 1. The Bertz CT molecular complexity index is 189. The second-order valence-electron chi connectivity index (χ2n) is 3.33. The Hall–Kier alpha value is -0.870. The number of nitrogens with zero attached hydrogens (tertiary/aromatic N) is 1. The highest BCUT2D eigenvalue weighted by molar-refractivity contribution is 5.81. The summed E-state index contributed by atoms with van der Waals surface area (Å²) in [5, 5.41) is 0. The van der Waals surface area contributed by atoms with Crippen LogP contribution in [0.1, 0.15) is 13.8 Å². The molecule has 0 fully saturated rings. The van der Waals surface area contributed by atoms with E-state index in [2.05, 4.69) is 6.58 Å². The molecule has 0 rings (SSSR count). The van der Waals surface area contributed by atoms with E-state index in [1.165, 1.54) is 7.11 Å². The highest BCUT2D eigenvalue weighted by atomic mass is 16.5. The predicted molar refractivity (Wildman–Crippen MR) is 56.9 cm³/mol. The van der Waals surface area contributed by atoms with Crippen molar-refractivity contribution in [3.63, 3.8) is 0 Å². The van der Waals surface area contributed by atoms with Gasteiger partial charge in [-0.3, -0.25) is 4.79 Å². The van der Waals surface area contributed by atoms with E-state index in [0.717, 1.165) is 0 Å². The second-order valence-corrected chi connectivity index (χ2v) is 3.33. The minimum Gasteiger partial charge on any atom is -0.370 e. The van der Waals surface area contributed by atoms with Crippen LogP contribution in [-0.2, 0) is 9.53 Å². The normalized spacial score (nSPS) is 12.6. The Morgan fingerprint density at radius 1 is 1.64 bits per heavy atom. The SMILES string of the molecule is C=CCN(C(=O)C(CN)OC)C(C)C. The first-order valence-electron chi connectivity index (χ1n) is 4.72. The lowest BCUT2D eigenvalue weighted by Crippen LogP contribution is -2.46. The molecule has 0 aromatic rings. The highest BCUT2D eigenvalue weighted by Gasteiger charge is 2.23. The number of nitrogens with two attached hydrogens (primary N) is 1. The van der Waals surface area contributed by atoms with Gasteiger partial charge >= 0.3 is 0 Å². The quantitative estimate of drug-likeness (QED) is 0.631. The average molecular weight is 200 g/mol. The molecule has 0 saturated heterocycles. The third-order valence-electron chi connectivity index (χ3n) is 2.01. The lowest BCUT2D eigenvalue weighted by molar-refractivity contribution is -0.142. The molecule has 82 valence electrons. The molecule has 14 heavy (non-hydrogen) atoms. The van der Waals surface area contributed by atoms with Gasteiger partial charge in [0.05, 0.1) is 0 Å². The fourth-order valence-electron chi connectivity index (χ4n) is 1.18. The van der Waals surface area contributed by atoms with E-state index in [1.54, 1.807) is 11.0 Å². The number of hydrogen-bond donors (Lipinski definition) is 1. The number of ether oxygens (including phenoxy) is 1. The lowest BCUT2D eigenvalue weighted by atomic mass is 10.2. The van der Waals surface area contributed by atoms with Crippen molar-refractivity contribution in [3.8, 4) is 0 Å². The van der Waals surface area contributed by atoms with Crippen molar-refractivity contribution in [3.05, 3.63) is 12.7 Å². The van der Waals surface area contributed by atoms with Crippen LogP contribution in [0.25, 0.3) is 0 Å². The van der Waals surface area contributed by atoms with Gasteiger partial charge in [0.1, 0.15) is 6.10 Å². The molecule has 1 amide bonds. The van der Waals surface area contributed by atoms with Gasteiger partial charge in [-0.25, -0.2) is 0 Å². The summed E-state index contributed by atoms with van der Waals surface area (Å²) in [4.78, 5) is 13.5. The highest BCUT2D eigenvalue weighted by Crippen LogP contribution is 2.03. The smallest absolute Gasteiger partial charge is 0.253 e. The molecule has 1 unspecified atom stereocenters. The molecule has 0 saturated carbocycles. The zero-order valence-corrected chi connectivity index (χ0v) is 9.19. The predicted octanol–water partition coefficient (Wildman–Crippen LogP) is 0.383. The van der Waals surface area contributed by atoms with Gasteiger partial charge in [0, 0.05) is 26.2 Å². The first-order valence-corrected chi connectivity index (χ1v) is 4.72. The van der Waals surface area contributed by atoms with Crippen LogP contribution in [0.4, 0.5) is 0 Å². The van der Waals surface area contributed by atoms with Gasteiger partial charge in [0.15, 0.2) is 0 Å². The molecule has 2 N–H and O–H groups in total. The summed E-state index contributed by atoms with van der Waals surface area (Å²) in [6, 6.07) is 0.129. The molecular weight excluding hydrogens is 180 g/mol. The molecule has 0 spiro atoms. The first kappa shape index (κ1) is 13.1. The van der Waals surface area contributed by atoms with Crippen molar-refractivity contribution in [2.45, 2.75) is 26.0 Å². The van der Waals surface area contributed by atoms with E-state index >= 15 is 0 Å². The number of methoxy groups -OCH3 is 1. The van der Waals surface area contributed by atoms with Crippen LogP contribution in [0, 0.1) is 0 Å². The Morgan fingerprint density at radius 2 is 2.21 bits per heavy atom. The van der Waals surface area contributed by atoms with E-state index in [-0.39, 0.29) is 18.5 Å². The topological polar surface area (TPSA) is 55.6 Å². The fraction of sp³-hybridized carbons (Fsp3) is 0.700. The Kier molecular flexibility index (Phi) is 6.16. The molecule has 0 aliphatic carbocycles. The minimum atomic E-state index is -0.544. The zero-order valence-electron chi connectivity index (χ0n) is 9.19. The van der Waals surface area contributed by atoms with Crippen LogP contribution in [0.15, 0.2) is 12.7 Å². The van der Waals surface area contributed by atoms with E-state index < -0.39 is 6.10 Å². The zero-order chi connectivity index (χ0) is 11.1. The van der Waals surface area contributed by atoms with Crippen molar-refractivity contribution < 1.29 is 9.53 Å². The van der Waals surface area contributed by atoms with Crippen LogP contribution in [0.3, 0.4) is 0 Å². The largest absolute Gasteiger partial charge is 0.370 e. The van der Waals surface area contributed by atoms with E-state index in [4.69, 9.17) is 10.5 Å². The summed E-state index contributed by atoms with van der Waals surface area (Å²) in [5.41, 5.74) is 5.42. The van der Waals surface area contributed by atoms with Crippen molar-refractivity contribution in [1.29, 1.82) is 0 Å². The van der Waals surface area contributed by atoms with Crippen molar-refractivity contribution >= 4 is 5.91 Å². The number of carbonyl (C=O) groups is 1. The molecule has 4 heteroatoms. The summed E-state index contributed by atoms with van der Waals surface area (Å²) >= 11 is 0.